The van der Waals surface area contributed by atoms with Crippen molar-refractivity contribution >= 4 is 5.57 Å². The summed E-state index contributed by atoms with van der Waals surface area (Å²) in [6, 6.07) is 0. The van der Waals surface area contributed by atoms with Gasteiger partial charge in [-0.15, -0.1) is 5.92 Å². The Balaban J connectivity index is 2.24. The van der Waals surface area contributed by atoms with Crippen LogP contribution in [0.2, 0.25) is 0 Å². The Kier molecular flexibility index (Phi) is 2.60. The molecule has 0 atom stereocenters. The molecule has 1 aliphatic rings. The van der Waals surface area contributed by atoms with Crippen LogP contribution in [0.25, 0.3) is 5.57 Å². The second-order valence-electron chi connectivity index (χ2n) is 3.37. The number of nitrogens with zero attached hydrogens (tertiary/aromatic N) is 2. The third-order valence-corrected chi connectivity index (χ3v) is 2.16. The van der Waals surface area contributed by atoms with Crippen LogP contribution in [0.3, 0.4) is 0 Å². The van der Waals surface area contributed by atoms with Crippen LogP contribution in [0.5, 0.6) is 0 Å². The van der Waals surface area contributed by atoms with Crippen molar-refractivity contribution in [2.45, 2.75) is 26.2 Å². The lowest BCUT2D eigenvalue weighted by atomic mass is 10.1. The molecular weight excluding hydrogens is 172 g/mol. The van der Waals surface area contributed by atoms with Gasteiger partial charge in [0.15, 0.2) is 5.82 Å². The van der Waals surface area contributed by atoms with Crippen LogP contribution < -0.4 is 0 Å². The molecule has 1 aromatic heterocycles. The zero-order valence-corrected chi connectivity index (χ0v) is 8.25. The van der Waals surface area contributed by atoms with Gasteiger partial charge in [0.1, 0.15) is 0 Å². The molecule has 1 aliphatic carbocycles. The predicted octanol–water partition coefficient (Wildman–Crippen LogP) is 2.36. The molecule has 14 heavy (non-hydrogen) atoms. The molecule has 0 saturated heterocycles. The Morgan fingerprint density at radius 2 is 2.00 bits per heavy atom. The molecule has 0 aromatic carbocycles. The van der Waals surface area contributed by atoms with E-state index in [-0.39, 0.29) is 0 Å². The van der Waals surface area contributed by atoms with Crippen LogP contribution in [0.4, 0.5) is 0 Å². The summed E-state index contributed by atoms with van der Waals surface area (Å²) in [5.74, 6) is 7.03. The van der Waals surface area contributed by atoms with Crippen molar-refractivity contribution in [3.05, 3.63) is 29.9 Å². The predicted molar refractivity (Wildman–Crippen MR) is 56.4 cm³/mol. The zero-order chi connectivity index (χ0) is 9.80. The minimum absolute atomic E-state index is 0.826. The number of hydrogen-bond acceptors (Lipinski definition) is 2. The van der Waals surface area contributed by atoms with Gasteiger partial charge >= 0.3 is 0 Å². The van der Waals surface area contributed by atoms with Gasteiger partial charge in [0, 0.05) is 25.2 Å². The second kappa shape index (κ2) is 4.06. The standard InChI is InChI=1S/C12H12N2/c1-10-8-13-12(14-9-10)11-6-4-2-3-5-7-11/h6,8-9H,4-5,7H2,1H3. The molecule has 1 heterocycles. The quantitative estimate of drug-likeness (QED) is 0.626. The lowest BCUT2D eigenvalue weighted by Gasteiger charge is -2.02. The molecule has 0 saturated carbocycles. The Morgan fingerprint density at radius 1 is 1.21 bits per heavy atom. The average Bonchev–Trinajstić information content (AvgIpc) is 2.47. The van der Waals surface area contributed by atoms with Crippen molar-refractivity contribution in [2.24, 2.45) is 0 Å². The topological polar surface area (TPSA) is 25.8 Å². The molecule has 2 rings (SSSR count). The monoisotopic (exact) mass is 184 g/mol. The van der Waals surface area contributed by atoms with Crippen molar-refractivity contribution in [3.8, 4) is 11.8 Å². The number of allylic oxidation sites excluding steroid dienone is 2. The second-order valence-corrected chi connectivity index (χ2v) is 3.37. The molecule has 0 spiro atoms. The first kappa shape index (κ1) is 8.96. The molecule has 70 valence electrons. The molecule has 2 heteroatoms. The first-order chi connectivity index (χ1) is 6.86. The highest BCUT2D eigenvalue weighted by Gasteiger charge is 2.04. The third-order valence-electron chi connectivity index (χ3n) is 2.16. The zero-order valence-electron chi connectivity index (χ0n) is 8.25. The van der Waals surface area contributed by atoms with Crippen LogP contribution in [0.1, 0.15) is 30.7 Å². The molecule has 0 fully saturated rings. The van der Waals surface area contributed by atoms with E-state index in [9.17, 15) is 0 Å². The van der Waals surface area contributed by atoms with E-state index in [2.05, 4.69) is 27.9 Å². The summed E-state index contributed by atoms with van der Waals surface area (Å²) in [5.41, 5.74) is 2.31. The van der Waals surface area contributed by atoms with E-state index >= 15 is 0 Å². The number of aromatic nitrogens is 2. The smallest absolute Gasteiger partial charge is 0.154 e. The summed E-state index contributed by atoms with van der Waals surface area (Å²) in [5, 5.41) is 0. The molecule has 0 radical (unpaired) electrons. The van der Waals surface area contributed by atoms with Gasteiger partial charge in [0.05, 0.1) is 0 Å². The fourth-order valence-corrected chi connectivity index (χ4v) is 1.40. The van der Waals surface area contributed by atoms with Gasteiger partial charge < -0.3 is 0 Å². The van der Waals surface area contributed by atoms with E-state index in [1.165, 1.54) is 5.57 Å². The molecule has 0 amide bonds. The molecule has 0 bridgehead atoms. The van der Waals surface area contributed by atoms with E-state index < -0.39 is 0 Å². The van der Waals surface area contributed by atoms with E-state index in [0.717, 1.165) is 30.7 Å². The minimum Gasteiger partial charge on any atom is -0.237 e. The Hall–Kier alpha value is -1.62. The van der Waals surface area contributed by atoms with Crippen molar-refractivity contribution in [1.29, 1.82) is 0 Å². The largest absolute Gasteiger partial charge is 0.237 e. The first-order valence-electron chi connectivity index (χ1n) is 4.80. The maximum absolute atomic E-state index is 4.31. The van der Waals surface area contributed by atoms with Crippen LogP contribution >= 0.6 is 0 Å². The summed E-state index contributed by atoms with van der Waals surface area (Å²) in [4.78, 5) is 8.62. The van der Waals surface area contributed by atoms with Gasteiger partial charge in [-0.3, -0.25) is 0 Å². The first-order valence-corrected chi connectivity index (χ1v) is 4.80. The average molecular weight is 184 g/mol. The Bertz CT molecular complexity index is 404. The van der Waals surface area contributed by atoms with Crippen molar-refractivity contribution < 1.29 is 0 Å². The maximum atomic E-state index is 4.31. The number of hydrogen-bond donors (Lipinski definition) is 0. The molecule has 2 nitrogen and oxygen atoms in total. The number of rotatable bonds is 1. The van der Waals surface area contributed by atoms with Gasteiger partial charge in [0.25, 0.3) is 0 Å². The molecule has 0 aliphatic heterocycles. The summed E-state index contributed by atoms with van der Waals surface area (Å²) in [6.07, 6.45) is 8.56. The SMILES string of the molecule is Cc1cnc(C2=CCC#CCC2)nc1. The van der Waals surface area contributed by atoms with Gasteiger partial charge in [-0.1, -0.05) is 12.0 Å². The summed E-state index contributed by atoms with van der Waals surface area (Å²) in [7, 11) is 0. The van der Waals surface area contributed by atoms with Crippen LogP contribution in [-0.2, 0) is 0 Å². The van der Waals surface area contributed by atoms with E-state index in [1.54, 1.807) is 0 Å². The lowest BCUT2D eigenvalue weighted by Crippen LogP contribution is -1.94. The van der Waals surface area contributed by atoms with Crippen LogP contribution in [0.15, 0.2) is 18.5 Å². The highest BCUT2D eigenvalue weighted by atomic mass is 14.9. The van der Waals surface area contributed by atoms with Gasteiger partial charge in [-0.25, -0.2) is 9.97 Å². The fraction of sp³-hybridized carbons (Fsp3) is 0.333. The molecule has 0 unspecified atom stereocenters. The molecular formula is C12H12N2. The lowest BCUT2D eigenvalue weighted by molar-refractivity contribution is 1.02. The maximum Gasteiger partial charge on any atom is 0.154 e. The van der Waals surface area contributed by atoms with Crippen molar-refractivity contribution in [3.63, 3.8) is 0 Å². The van der Waals surface area contributed by atoms with Crippen molar-refractivity contribution in [1.82, 2.24) is 9.97 Å². The van der Waals surface area contributed by atoms with Gasteiger partial charge in [-0.2, -0.15) is 0 Å². The summed E-state index contributed by atoms with van der Waals surface area (Å²) in [6.45, 7) is 1.99. The van der Waals surface area contributed by atoms with Gasteiger partial charge in [-0.05, 0) is 24.5 Å². The minimum atomic E-state index is 0.826. The van der Waals surface area contributed by atoms with Crippen molar-refractivity contribution in [2.75, 3.05) is 0 Å². The highest BCUT2D eigenvalue weighted by molar-refractivity contribution is 5.60. The van der Waals surface area contributed by atoms with E-state index in [4.69, 9.17) is 0 Å². The molecule has 1 aromatic rings. The van der Waals surface area contributed by atoms with E-state index in [0.29, 0.717) is 0 Å². The van der Waals surface area contributed by atoms with Gasteiger partial charge in [0.2, 0.25) is 0 Å². The number of aryl methyl sites for hydroxylation is 1. The van der Waals surface area contributed by atoms with Crippen LogP contribution in [-0.4, -0.2) is 9.97 Å². The Morgan fingerprint density at radius 3 is 2.79 bits per heavy atom. The normalized spacial score (nSPS) is 15.1. The highest BCUT2D eigenvalue weighted by Crippen LogP contribution is 2.17. The van der Waals surface area contributed by atoms with Crippen LogP contribution in [0, 0.1) is 18.8 Å². The summed E-state index contributed by atoms with van der Waals surface area (Å²) < 4.78 is 0. The Labute approximate surface area is 84.1 Å². The third kappa shape index (κ3) is 2.00. The fourth-order valence-electron chi connectivity index (χ4n) is 1.40. The van der Waals surface area contributed by atoms with E-state index in [1.807, 2.05) is 19.3 Å². The molecule has 0 N–H and O–H groups in total. The summed E-state index contributed by atoms with van der Waals surface area (Å²) >= 11 is 0.